The average molecular weight is 542 g/mol. The summed E-state index contributed by atoms with van der Waals surface area (Å²) in [7, 11) is 0. The fourth-order valence-electron chi connectivity index (χ4n) is 3.28. The van der Waals surface area contributed by atoms with Crippen molar-refractivity contribution in [1.82, 2.24) is 0 Å². The highest BCUT2D eigenvalue weighted by atomic mass is 35.5. The van der Waals surface area contributed by atoms with Crippen molar-refractivity contribution >= 4 is 35.5 Å². The molecule has 0 saturated heterocycles. The van der Waals surface area contributed by atoms with Crippen LogP contribution < -0.4 is 14.5 Å². The molecule has 36 heavy (non-hydrogen) atoms. The van der Waals surface area contributed by atoms with Crippen LogP contribution >= 0.6 is 23.2 Å². The molecule has 0 radical (unpaired) electrons. The van der Waals surface area contributed by atoms with Gasteiger partial charge in [-0.3, -0.25) is 4.79 Å². The zero-order valence-electron chi connectivity index (χ0n) is 19.2. The fraction of sp³-hybridized carbons (Fsp3) is 0.240. The number of carbonyl (C=O) groups is 2. The summed E-state index contributed by atoms with van der Waals surface area (Å²) < 4.78 is 41.8. The van der Waals surface area contributed by atoms with Gasteiger partial charge >= 0.3 is 12.6 Å². The van der Waals surface area contributed by atoms with E-state index in [0.717, 1.165) is 0 Å². The van der Waals surface area contributed by atoms with Gasteiger partial charge in [0.15, 0.2) is 23.9 Å². The highest BCUT2D eigenvalue weighted by molar-refractivity contribution is 6.35. The number of esters is 1. The van der Waals surface area contributed by atoms with Crippen LogP contribution in [0.2, 0.25) is 10.0 Å². The molecule has 3 aromatic rings. The predicted molar refractivity (Wildman–Crippen MR) is 127 cm³/mol. The molecule has 1 heterocycles. The standard InChI is InChI=1S/C25H21Cl2F2NO5.H2O/c1-14(2)33-23-9-16(6-7-21(23)35-25(28)29)22(10-18-19(26)11-30-12-20(18)27)34-24(32)17-5-3-4-15(8-17)13-31;/h3-9,11-14,22,25H,10H2,1-2H3;1H2/t22-;/m0./s1. The SMILES string of the molecule is CC(C)Oc1cc([C@H](Cc2c(Cl)c[nH+]cc2Cl)OC(=O)c2cccc(C=O)c2)ccc1OC(F)F.[OH-]. The summed E-state index contributed by atoms with van der Waals surface area (Å²) in [6.07, 6.45) is 2.47. The number of carbonyl (C=O) groups excluding carboxylic acids is 2. The second-order valence-electron chi connectivity index (χ2n) is 7.72. The maximum atomic E-state index is 13.0. The van der Waals surface area contributed by atoms with Gasteiger partial charge in [-0.15, -0.1) is 0 Å². The number of aromatic nitrogens is 1. The number of halogens is 4. The van der Waals surface area contributed by atoms with E-state index in [9.17, 15) is 18.4 Å². The van der Waals surface area contributed by atoms with Gasteiger partial charge < -0.3 is 19.7 Å². The molecule has 192 valence electrons. The summed E-state index contributed by atoms with van der Waals surface area (Å²) in [5.74, 6) is -0.806. The fourth-order valence-corrected chi connectivity index (χ4v) is 3.82. The van der Waals surface area contributed by atoms with E-state index < -0.39 is 18.7 Å². The Bertz CT molecular complexity index is 1190. The normalized spacial score (nSPS) is 11.6. The third-order valence-electron chi connectivity index (χ3n) is 4.81. The average Bonchev–Trinajstić information content (AvgIpc) is 2.81. The molecule has 0 aliphatic heterocycles. The van der Waals surface area contributed by atoms with E-state index >= 15 is 0 Å². The first-order valence-electron chi connectivity index (χ1n) is 10.5. The largest absolute Gasteiger partial charge is 0.870 e. The number of benzene rings is 2. The maximum absolute atomic E-state index is 13.0. The van der Waals surface area contributed by atoms with E-state index in [1.54, 1.807) is 26.0 Å². The maximum Gasteiger partial charge on any atom is 0.387 e. The lowest BCUT2D eigenvalue weighted by Gasteiger charge is -2.22. The second-order valence-corrected chi connectivity index (χ2v) is 8.54. The Morgan fingerprint density at radius 1 is 1.03 bits per heavy atom. The highest BCUT2D eigenvalue weighted by Gasteiger charge is 2.25. The van der Waals surface area contributed by atoms with Gasteiger partial charge in [0.25, 0.3) is 0 Å². The van der Waals surface area contributed by atoms with Crippen LogP contribution in [0.4, 0.5) is 8.78 Å². The Labute approximate surface area is 216 Å². The third kappa shape index (κ3) is 7.61. The number of aldehydes is 1. The van der Waals surface area contributed by atoms with Gasteiger partial charge in [-0.05, 0) is 43.7 Å². The molecule has 0 saturated carbocycles. The zero-order valence-corrected chi connectivity index (χ0v) is 20.7. The minimum absolute atomic E-state index is 0. The van der Waals surface area contributed by atoms with E-state index in [4.69, 9.17) is 32.7 Å². The summed E-state index contributed by atoms with van der Waals surface area (Å²) in [6, 6.07) is 10.3. The first kappa shape index (κ1) is 29.0. The summed E-state index contributed by atoms with van der Waals surface area (Å²) >= 11 is 12.6. The number of H-pyrrole nitrogens is 1. The van der Waals surface area contributed by atoms with Gasteiger partial charge in [0.05, 0.1) is 11.7 Å². The number of rotatable bonds is 10. The van der Waals surface area contributed by atoms with Crippen molar-refractivity contribution in [3.05, 3.63) is 87.2 Å². The monoisotopic (exact) mass is 541 g/mol. The lowest BCUT2D eigenvalue weighted by molar-refractivity contribution is -0.377. The molecule has 0 aliphatic carbocycles. The molecule has 0 unspecified atom stereocenters. The molecule has 1 atom stereocenters. The Kier molecular flexibility index (Phi) is 10.6. The van der Waals surface area contributed by atoms with Crippen LogP contribution in [0.5, 0.6) is 11.5 Å². The van der Waals surface area contributed by atoms with E-state index in [0.29, 0.717) is 33.0 Å². The van der Waals surface area contributed by atoms with E-state index in [1.807, 2.05) is 0 Å². The number of pyridine rings is 1. The van der Waals surface area contributed by atoms with Crippen molar-refractivity contribution in [2.75, 3.05) is 0 Å². The summed E-state index contributed by atoms with van der Waals surface area (Å²) in [5, 5.41) is 0.635. The Balaban J connectivity index is 0.00000456. The van der Waals surface area contributed by atoms with Crippen LogP contribution in [0.25, 0.3) is 0 Å². The Hall–Kier alpha value is -3.27. The molecule has 0 spiro atoms. The lowest BCUT2D eigenvalue weighted by atomic mass is 10.0. The van der Waals surface area contributed by atoms with Crippen molar-refractivity contribution in [2.45, 2.75) is 39.1 Å². The molecule has 3 rings (SSSR count). The van der Waals surface area contributed by atoms with Gasteiger partial charge in [0.1, 0.15) is 22.4 Å². The molecule has 0 fully saturated rings. The summed E-state index contributed by atoms with van der Waals surface area (Å²) in [6.45, 7) is 0.416. The molecular weight excluding hydrogens is 519 g/mol. The van der Waals surface area contributed by atoms with Crippen molar-refractivity contribution in [3.8, 4) is 11.5 Å². The minimum atomic E-state index is -3.05. The van der Waals surface area contributed by atoms with Crippen LogP contribution in [0.15, 0.2) is 54.9 Å². The van der Waals surface area contributed by atoms with Crippen LogP contribution in [-0.2, 0) is 11.2 Å². The molecular formula is C25H23Cl2F2NO6. The molecule has 0 bridgehead atoms. The van der Waals surface area contributed by atoms with E-state index in [1.165, 1.54) is 42.7 Å². The summed E-state index contributed by atoms with van der Waals surface area (Å²) in [4.78, 5) is 26.9. The van der Waals surface area contributed by atoms with Gasteiger partial charge in [-0.2, -0.15) is 8.78 Å². The van der Waals surface area contributed by atoms with Crippen molar-refractivity contribution in [2.24, 2.45) is 0 Å². The molecule has 0 aliphatic rings. The van der Waals surface area contributed by atoms with E-state index in [-0.39, 0.29) is 35.1 Å². The number of hydrogen-bond acceptors (Lipinski definition) is 6. The number of nitrogens with one attached hydrogen (secondary N) is 1. The third-order valence-corrected chi connectivity index (χ3v) is 5.49. The Morgan fingerprint density at radius 2 is 1.72 bits per heavy atom. The van der Waals surface area contributed by atoms with Crippen molar-refractivity contribution in [1.29, 1.82) is 0 Å². The quantitative estimate of drug-likeness (QED) is 0.231. The van der Waals surface area contributed by atoms with Crippen LogP contribution in [0.3, 0.4) is 0 Å². The van der Waals surface area contributed by atoms with Crippen molar-refractivity contribution in [3.63, 3.8) is 0 Å². The molecule has 11 heteroatoms. The predicted octanol–water partition coefficient (Wildman–Crippen LogP) is 5.97. The topological polar surface area (TPSA) is 106 Å². The molecule has 2 aromatic carbocycles. The van der Waals surface area contributed by atoms with Gasteiger partial charge in [-0.25, -0.2) is 9.78 Å². The van der Waals surface area contributed by atoms with Crippen LogP contribution in [0, 0.1) is 0 Å². The second kappa shape index (κ2) is 13.2. The number of ether oxygens (including phenoxy) is 3. The van der Waals surface area contributed by atoms with Gasteiger partial charge in [-0.1, -0.05) is 41.4 Å². The number of hydrogen-bond donors (Lipinski definition) is 0. The molecule has 2 N–H and O–H groups in total. The zero-order chi connectivity index (χ0) is 25.5. The first-order valence-corrected chi connectivity index (χ1v) is 11.3. The minimum Gasteiger partial charge on any atom is -0.870 e. The van der Waals surface area contributed by atoms with E-state index in [2.05, 4.69) is 9.72 Å². The van der Waals surface area contributed by atoms with Gasteiger partial charge in [0, 0.05) is 17.5 Å². The van der Waals surface area contributed by atoms with Crippen LogP contribution in [0.1, 0.15) is 51.8 Å². The summed E-state index contributed by atoms with van der Waals surface area (Å²) in [5.41, 5.74) is 1.41. The Morgan fingerprint density at radius 3 is 2.33 bits per heavy atom. The highest BCUT2D eigenvalue weighted by Crippen LogP contribution is 2.36. The van der Waals surface area contributed by atoms with Crippen molar-refractivity contribution < 1.29 is 43.0 Å². The molecule has 0 amide bonds. The molecule has 1 aromatic heterocycles. The molecule has 7 nitrogen and oxygen atoms in total. The smallest absolute Gasteiger partial charge is 0.387 e. The first-order chi connectivity index (χ1) is 16.7. The van der Waals surface area contributed by atoms with Crippen LogP contribution in [-0.4, -0.2) is 30.4 Å². The lowest BCUT2D eigenvalue weighted by Crippen LogP contribution is -2.16. The van der Waals surface area contributed by atoms with Gasteiger partial charge in [0.2, 0.25) is 0 Å². The number of aromatic amines is 1. The number of alkyl halides is 2.